The molecule has 0 spiro atoms. The van der Waals surface area contributed by atoms with Crippen LogP contribution in [0.4, 0.5) is 0 Å². The molecule has 1 saturated heterocycles. The smallest absolute Gasteiger partial charge is 0.232 e. The molecule has 0 saturated carbocycles. The fourth-order valence-electron chi connectivity index (χ4n) is 1.48. The summed E-state index contributed by atoms with van der Waals surface area (Å²) >= 11 is 1.37. The lowest BCUT2D eigenvalue weighted by molar-refractivity contribution is -0.129. The number of carbonyl (C=O) groups excluding carboxylic acids is 1. The van der Waals surface area contributed by atoms with Gasteiger partial charge in [-0.05, 0) is 7.05 Å². The molecular weight excluding hydrogens is 228 g/mol. The number of rotatable bonds is 5. The Bertz CT molecular complexity index is 220. The van der Waals surface area contributed by atoms with Crippen molar-refractivity contribution in [2.75, 3.05) is 51.3 Å². The molecule has 1 amide bonds. The highest BCUT2D eigenvalue weighted by atomic mass is 32.2. The van der Waals surface area contributed by atoms with E-state index in [1.165, 1.54) is 11.8 Å². The Labute approximate surface area is 100 Å². The van der Waals surface area contributed by atoms with Gasteiger partial charge in [0.05, 0.1) is 18.5 Å². The fraction of sp³-hybridized carbons (Fsp3) is 0.900. The van der Waals surface area contributed by atoms with Gasteiger partial charge in [0.1, 0.15) is 0 Å². The first kappa shape index (κ1) is 13.8. The third-order valence-corrected chi connectivity index (χ3v) is 3.67. The van der Waals surface area contributed by atoms with Crippen LogP contribution in [0.25, 0.3) is 0 Å². The highest BCUT2D eigenvalue weighted by Crippen LogP contribution is 2.07. The van der Waals surface area contributed by atoms with Crippen LogP contribution in [-0.2, 0) is 4.79 Å². The molecule has 1 fully saturated rings. The van der Waals surface area contributed by atoms with Gasteiger partial charge in [-0.15, -0.1) is 11.8 Å². The van der Waals surface area contributed by atoms with Crippen LogP contribution >= 0.6 is 11.8 Å². The first-order valence-electron chi connectivity index (χ1n) is 5.46. The average molecular weight is 248 g/mol. The number of thioether (sulfide) groups is 1. The van der Waals surface area contributed by atoms with E-state index in [2.05, 4.69) is 4.90 Å². The van der Waals surface area contributed by atoms with Gasteiger partial charge < -0.3 is 20.0 Å². The van der Waals surface area contributed by atoms with E-state index in [1.54, 1.807) is 0 Å². The van der Waals surface area contributed by atoms with E-state index in [-0.39, 0.29) is 12.5 Å². The number of aliphatic hydroxyl groups excluding tert-OH is 2. The van der Waals surface area contributed by atoms with Crippen molar-refractivity contribution < 1.29 is 15.0 Å². The van der Waals surface area contributed by atoms with Crippen molar-refractivity contribution in [3.05, 3.63) is 0 Å². The van der Waals surface area contributed by atoms with Crippen LogP contribution in [0.1, 0.15) is 0 Å². The Balaban J connectivity index is 2.15. The summed E-state index contributed by atoms with van der Waals surface area (Å²) in [6.07, 6.45) is -0.717. The maximum atomic E-state index is 11.7. The first-order valence-corrected chi connectivity index (χ1v) is 6.62. The van der Waals surface area contributed by atoms with Gasteiger partial charge in [-0.1, -0.05) is 0 Å². The van der Waals surface area contributed by atoms with Crippen molar-refractivity contribution in [3.8, 4) is 0 Å². The molecule has 0 aromatic heterocycles. The number of hydrogen-bond donors (Lipinski definition) is 2. The Kier molecular flexibility index (Phi) is 6.12. The summed E-state index contributed by atoms with van der Waals surface area (Å²) in [5.41, 5.74) is 0. The highest BCUT2D eigenvalue weighted by Gasteiger charge is 2.18. The molecule has 0 aromatic rings. The van der Waals surface area contributed by atoms with E-state index in [4.69, 9.17) is 10.2 Å². The number of carbonyl (C=O) groups is 1. The normalized spacial score (nSPS) is 19.8. The summed E-state index contributed by atoms with van der Waals surface area (Å²) in [4.78, 5) is 15.8. The maximum absolute atomic E-state index is 11.7. The molecule has 1 unspecified atom stereocenters. The van der Waals surface area contributed by atoms with Crippen molar-refractivity contribution in [2.45, 2.75) is 6.10 Å². The number of piperazine rings is 1. The third-order valence-electron chi connectivity index (χ3n) is 2.60. The van der Waals surface area contributed by atoms with Gasteiger partial charge in [0.2, 0.25) is 5.91 Å². The van der Waals surface area contributed by atoms with Crippen LogP contribution in [0.3, 0.4) is 0 Å². The van der Waals surface area contributed by atoms with E-state index in [0.717, 1.165) is 26.2 Å². The van der Waals surface area contributed by atoms with Crippen LogP contribution in [0, 0.1) is 0 Å². The van der Waals surface area contributed by atoms with E-state index >= 15 is 0 Å². The number of likely N-dealkylation sites (N-methyl/N-ethyl adjacent to an activating group) is 1. The van der Waals surface area contributed by atoms with E-state index < -0.39 is 6.10 Å². The quantitative estimate of drug-likeness (QED) is 0.643. The number of amides is 1. The number of aliphatic hydroxyl groups is 2. The summed E-state index contributed by atoms with van der Waals surface area (Å²) in [5, 5.41) is 17.7. The maximum Gasteiger partial charge on any atom is 0.232 e. The molecule has 0 aliphatic carbocycles. The van der Waals surface area contributed by atoms with Gasteiger partial charge in [0.15, 0.2) is 0 Å². The van der Waals surface area contributed by atoms with Gasteiger partial charge in [-0.2, -0.15) is 0 Å². The summed E-state index contributed by atoms with van der Waals surface area (Å²) in [7, 11) is 2.05. The van der Waals surface area contributed by atoms with Crippen LogP contribution < -0.4 is 0 Å². The number of nitrogens with zero attached hydrogens (tertiary/aromatic N) is 2. The minimum Gasteiger partial charge on any atom is -0.394 e. The molecule has 0 bridgehead atoms. The summed E-state index contributed by atoms with van der Waals surface area (Å²) in [5.74, 6) is 0.930. The Hall–Kier alpha value is -0.300. The van der Waals surface area contributed by atoms with E-state index in [9.17, 15) is 4.79 Å². The first-order chi connectivity index (χ1) is 7.63. The molecule has 0 radical (unpaired) electrons. The van der Waals surface area contributed by atoms with Gasteiger partial charge in [-0.3, -0.25) is 4.79 Å². The second kappa shape index (κ2) is 7.11. The van der Waals surface area contributed by atoms with Gasteiger partial charge >= 0.3 is 0 Å². The summed E-state index contributed by atoms with van der Waals surface area (Å²) in [6.45, 7) is 3.19. The monoisotopic (exact) mass is 248 g/mol. The lowest BCUT2D eigenvalue weighted by Crippen LogP contribution is -2.47. The SMILES string of the molecule is CN1CCN(C(=O)CSCC(O)CO)CC1. The van der Waals surface area contributed by atoms with Crippen LogP contribution in [0.15, 0.2) is 0 Å². The minimum absolute atomic E-state index is 0.128. The molecular formula is C10H20N2O3S. The lowest BCUT2D eigenvalue weighted by atomic mass is 10.3. The Morgan fingerprint density at radius 1 is 1.38 bits per heavy atom. The van der Waals surface area contributed by atoms with Crippen molar-refractivity contribution in [3.63, 3.8) is 0 Å². The van der Waals surface area contributed by atoms with Crippen molar-refractivity contribution in [1.82, 2.24) is 9.80 Å². The minimum atomic E-state index is -0.717. The van der Waals surface area contributed by atoms with Gasteiger partial charge in [-0.25, -0.2) is 0 Å². The zero-order valence-electron chi connectivity index (χ0n) is 9.63. The molecule has 94 valence electrons. The molecule has 1 atom stereocenters. The topological polar surface area (TPSA) is 64.0 Å². The standard InChI is InChI=1S/C10H20N2O3S/c1-11-2-4-12(5-3-11)10(15)8-16-7-9(14)6-13/h9,13-14H,2-8H2,1H3. The molecule has 6 heteroatoms. The lowest BCUT2D eigenvalue weighted by Gasteiger charge is -2.32. The molecule has 1 rings (SSSR count). The number of hydrogen-bond acceptors (Lipinski definition) is 5. The second-order valence-corrected chi connectivity index (χ2v) is 5.07. The molecule has 16 heavy (non-hydrogen) atoms. The highest BCUT2D eigenvalue weighted by molar-refractivity contribution is 7.99. The Morgan fingerprint density at radius 2 is 2.00 bits per heavy atom. The van der Waals surface area contributed by atoms with E-state index in [1.807, 2.05) is 11.9 Å². The zero-order valence-corrected chi connectivity index (χ0v) is 10.4. The van der Waals surface area contributed by atoms with Crippen molar-refractivity contribution >= 4 is 17.7 Å². The second-order valence-electron chi connectivity index (χ2n) is 4.04. The van der Waals surface area contributed by atoms with Crippen molar-refractivity contribution in [1.29, 1.82) is 0 Å². The van der Waals surface area contributed by atoms with Gasteiger partial charge in [0, 0.05) is 31.9 Å². The molecule has 2 N–H and O–H groups in total. The van der Waals surface area contributed by atoms with Crippen molar-refractivity contribution in [2.24, 2.45) is 0 Å². The predicted molar refractivity (Wildman–Crippen MR) is 64.5 cm³/mol. The average Bonchev–Trinajstić information content (AvgIpc) is 2.29. The van der Waals surface area contributed by atoms with Crippen LogP contribution in [0.2, 0.25) is 0 Å². The molecule has 1 heterocycles. The summed E-state index contributed by atoms with van der Waals surface area (Å²) in [6, 6.07) is 0. The van der Waals surface area contributed by atoms with E-state index in [0.29, 0.717) is 11.5 Å². The van der Waals surface area contributed by atoms with Crippen LogP contribution in [0.5, 0.6) is 0 Å². The van der Waals surface area contributed by atoms with Gasteiger partial charge in [0.25, 0.3) is 0 Å². The fourth-order valence-corrected chi connectivity index (χ4v) is 2.33. The molecule has 5 nitrogen and oxygen atoms in total. The largest absolute Gasteiger partial charge is 0.394 e. The predicted octanol–water partition coefficient (Wildman–Crippen LogP) is -1.15. The molecule has 0 aromatic carbocycles. The third kappa shape index (κ3) is 4.69. The molecule has 1 aliphatic rings. The Morgan fingerprint density at radius 3 is 2.56 bits per heavy atom. The zero-order chi connectivity index (χ0) is 12.0. The van der Waals surface area contributed by atoms with Crippen LogP contribution in [-0.4, -0.2) is 83.4 Å². The summed E-state index contributed by atoms with van der Waals surface area (Å²) < 4.78 is 0. The molecule has 1 aliphatic heterocycles.